The lowest BCUT2D eigenvalue weighted by molar-refractivity contribution is 0.118. The highest BCUT2D eigenvalue weighted by Crippen LogP contribution is 2.34. The maximum Gasteiger partial charge on any atom is 0.120 e. The molecule has 1 fully saturated rings. The van der Waals surface area contributed by atoms with Gasteiger partial charge in [0.2, 0.25) is 0 Å². The Kier molecular flexibility index (Phi) is 5.85. The molecule has 2 aromatic rings. The summed E-state index contributed by atoms with van der Waals surface area (Å²) in [6, 6.07) is 10.4. The number of benzene rings is 1. The summed E-state index contributed by atoms with van der Waals surface area (Å²) in [5.41, 5.74) is 8.55. The van der Waals surface area contributed by atoms with Crippen molar-refractivity contribution in [3.05, 3.63) is 71.1 Å². The summed E-state index contributed by atoms with van der Waals surface area (Å²) in [7, 11) is 0. The van der Waals surface area contributed by atoms with Gasteiger partial charge < -0.3 is 4.90 Å². The fraction of sp³-hybridized carbons (Fsp3) is 0.385. The first-order chi connectivity index (χ1) is 14.5. The van der Waals surface area contributed by atoms with Crippen molar-refractivity contribution in [1.29, 1.82) is 0 Å². The largest absolute Gasteiger partial charge is 0.369 e. The van der Waals surface area contributed by atoms with E-state index in [9.17, 15) is 4.39 Å². The van der Waals surface area contributed by atoms with Crippen molar-refractivity contribution < 1.29 is 4.39 Å². The normalized spacial score (nSPS) is 21.4. The zero-order valence-electron chi connectivity index (χ0n) is 18.2. The van der Waals surface area contributed by atoms with Gasteiger partial charge in [0.1, 0.15) is 6.17 Å². The van der Waals surface area contributed by atoms with E-state index in [1.165, 1.54) is 5.56 Å². The molecule has 0 saturated carbocycles. The molecule has 156 valence electrons. The molecule has 1 aromatic carbocycles. The fourth-order valence-electron chi connectivity index (χ4n) is 4.40. The summed E-state index contributed by atoms with van der Waals surface area (Å²) in [4.78, 5) is 11.4. The zero-order chi connectivity index (χ0) is 21.3. The van der Waals surface area contributed by atoms with Gasteiger partial charge in [0.15, 0.2) is 0 Å². The molecule has 2 unspecified atom stereocenters. The van der Waals surface area contributed by atoms with Crippen LogP contribution in [0.3, 0.4) is 0 Å². The second-order valence-electron chi connectivity index (χ2n) is 8.45. The van der Waals surface area contributed by atoms with Crippen LogP contribution < -0.4 is 0 Å². The van der Waals surface area contributed by atoms with Gasteiger partial charge >= 0.3 is 0 Å². The number of aryl methyl sites for hydroxylation is 1. The number of fused-ring (bicyclic) bond motifs is 1. The van der Waals surface area contributed by atoms with Crippen LogP contribution in [0.1, 0.15) is 49.1 Å². The number of hydrogen-bond acceptors (Lipinski definition) is 3. The van der Waals surface area contributed by atoms with Gasteiger partial charge in [0.05, 0.1) is 5.69 Å². The van der Waals surface area contributed by atoms with Crippen LogP contribution in [-0.2, 0) is 6.42 Å². The van der Waals surface area contributed by atoms with Crippen LogP contribution in [-0.4, -0.2) is 34.9 Å². The third-order valence-electron chi connectivity index (χ3n) is 6.49. The maximum absolute atomic E-state index is 14.4. The molecule has 0 N–H and O–H groups in total. The Hall–Kier alpha value is -2.75. The molecule has 2 aliphatic rings. The zero-order valence-corrected chi connectivity index (χ0v) is 18.2. The first-order valence-electron chi connectivity index (χ1n) is 10.8. The van der Waals surface area contributed by atoms with Gasteiger partial charge in [0.25, 0.3) is 0 Å². The number of aromatic nitrogens is 1. The number of alkyl halides is 1. The Morgan fingerprint density at radius 3 is 2.90 bits per heavy atom. The number of hydrogen-bond donors (Lipinski definition) is 0. The molecule has 0 radical (unpaired) electrons. The first-order valence-corrected chi connectivity index (χ1v) is 10.8. The Balaban J connectivity index is 1.52. The molecule has 2 atom stereocenters. The molecule has 4 rings (SSSR count). The number of aliphatic imine (C=N–C) groups is 1. The maximum atomic E-state index is 14.4. The summed E-state index contributed by atoms with van der Waals surface area (Å²) in [5.74, 6) is 0.180. The molecule has 0 spiro atoms. The predicted molar refractivity (Wildman–Crippen MR) is 124 cm³/mol. The smallest absolute Gasteiger partial charge is 0.120 e. The monoisotopic (exact) mass is 403 g/mol. The second-order valence-corrected chi connectivity index (χ2v) is 8.45. The van der Waals surface area contributed by atoms with Crippen LogP contribution >= 0.6 is 0 Å². The summed E-state index contributed by atoms with van der Waals surface area (Å²) in [6.45, 7) is 11.8. The van der Waals surface area contributed by atoms with E-state index in [0.717, 1.165) is 65.3 Å². The van der Waals surface area contributed by atoms with Crippen LogP contribution in [0.15, 0.2) is 53.7 Å². The van der Waals surface area contributed by atoms with Crippen molar-refractivity contribution in [3.8, 4) is 0 Å². The molecular formula is C26H30FN3. The Labute approximate surface area is 179 Å². The Morgan fingerprint density at radius 1 is 1.33 bits per heavy atom. The summed E-state index contributed by atoms with van der Waals surface area (Å²) in [5, 5.41) is 0. The van der Waals surface area contributed by atoms with Gasteiger partial charge in [-0.2, -0.15) is 0 Å². The average molecular weight is 404 g/mol. The van der Waals surface area contributed by atoms with Crippen molar-refractivity contribution in [1.82, 2.24) is 9.88 Å². The molecule has 0 aliphatic carbocycles. The topological polar surface area (TPSA) is 28.5 Å². The van der Waals surface area contributed by atoms with Crippen LogP contribution in [0.25, 0.3) is 11.8 Å². The predicted octanol–water partition coefficient (Wildman–Crippen LogP) is 6.16. The van der Waals surface area contributed by atoms with E-state index >= 15 is 0 Å². The molecule has 3 nitrogen and oxygen atoms in total. The molecule has 0 bridgehead atoms. The number of piperidine rings is 1. The SMILES string of the molecule is C=C(c1ccc2c(c1)N=C(/C(C)=C/c1cccnc1C)C2)N1CCC(CC)C(F)C1. The molecule has 30 heavy (non-hydrogen) atoms. The number of pyridine rings is 1. The van der Waals surface area contributed by atoms with E-state index in [-0.39, 0.29) is 5.92 Å². The van der Waals surface area contributed by atoms with Crippen LogP contribution in [0.2, 0.25) is 0 Å². The van der Waals surface area contributed by atoms with Crippen LogP contribution in [0.4, 0.5) is 10.1 Å². The second kappa shape index (κ2) is 8.55. The molecule has 4 heteroatoms. The minimum absolute atomic E-state index is 0.180. The highest BCUT2D eigenvalue weighted by molar-refractivity contribution is 6.08. The number of likely N-dealkylation sites (tertiary alicyclic amines) is 1. The lowest BCUT2D eigenvalue weighted by atomic mass is 9.92. The van der Waals surface area contributed by atoms with E-state index in [2.05, 4.69) is 60.7 Å². The third kappa shape index (κ3) is 4.09. The fourth-order valence-corrected chi connectivity index (χ4v) is 4.40. The highest BCUT2D eigenvalue weighted by atomic mass is 19.1. The van der Waals surface area contributed by atoms with Crippen LogP contribution in [0.5, 0.6) is 0 Å². The van der Waals surface area contributed by atoms with E-state index in [1.54, 1.807) is 0 Å². The summed E-state index contributed by atoms with van der Waals surface area (Å²) in [6.07, 6.45) is 5.83. The molecular weight excluding hydrogens is 373 g/mol. The third-order valence-corrected chi connectivity index (χ3v) is 6.49. The lowest BCUT2D eigenvalue weighted by Crippen LogP contribution is -2.40. The quantitative estimate of drug-likeness (QED) is 0.598. The first kappa shape index (κ1) is 20.5. The molecule has 3 heterocycles. The van der Waals surface area contributed by atoms with Crippen molar-refractivity contribution >= 4 is 23.2 Å². The highest BCUT2D eigenvalue weighted by Gasteiger charge is 2.29. The standard InChI is InChI=1S/C26H30FN3/c1-5-20-10-12-30(16-24(20)27)19(4)22-8-9-23-15-25(29-26(23)14-22)17(2)13-21-7-6-11-28-18(21)3/h6-9,11,13-14,20,24H,4-5,10,12,15-16H2,1-3H3/b17-13+. The van der Waals surface area contributed by atoms with Crippen molar-refractivity contribution in [2.45, 2.75) is 46.2 Å². The number of halogens is 1. The molecule has 1 aromatic heterocycles. The van der Waals surface area contributed by atoms with Gasteiger partial charge in [-0.3, -0.25) is 9.98 Å². The van der Waals surface area contributed by atoms with Gasteiger partial charge in [-0.05, 0) is 66.7 Å². The number of nitrogens with zero attached hydrogens (tertiary/aromatic N) is 3. The van der Waals surface area contributed by atoms with Gasteiger partial charge in [-0.15, -0.1) is 0 Å². The lowest BCUT2D eigenvalue weighted by Gasteiger charge is -2.37. The summed E-state index contributed by atoms with van der Waals surface area (Å²) < 4.78 is 14.4. The molecule has 0 amide bonds. The number of allylic oxidation sites excluding steroid dienone is 1. The Morgan fingerprint density at radius 2 is 2.17 bits per heavy atom. The van der Waals surface area contributed by atoms with Gasteiger partial charge in [-0.1, -0.05) is 38.1 Å². The molecule has 2 aliphatic heterocycles. The summed E-state index contributed by atoms with van der Waals surface area (Å²) >= 11 is 0. The van der Waals surface area contributed by atoms with E-state index in [0.29, 0.717) is 6.54 Å². The van der Waals surface area contributed by atoms with Crippen LogP contribution in [0, 0.1) is 12.8 Å². The molecule has 1 saturated heterocycles. The minimum Gasteiger partial charge on any atom is -0.369 e. The average Bonchev–Trinajstić information content (AvgIpc) is 3.18. The minimum atomic E-state index is -0.775. The van der Waals surface area contributed by atoms with Crippen molar-refractivity contribution in [2.75, 3.05) is 13.1 Å². The van der Waals surface area contributed by atoms with Crippen molar-refractivity contribution in [3.63, 3.8) is 0 Å². The van der Waals surface area contributed by atoms with E-state index in [1.807, 2.05) is 19.2 Å². The Bertz CT molecular complexity index is 1020. The van der Waals surface area contributed by atoms with E-state index in [4.69, 9.17) is 4.99 Å². The van der Waals surface area contributed by atoms with Crippen molar-refractivity contribution in [2.24, 2.45) is 10.9 Å². The van der Waals surface area contributed by atoms with Gasteiger partial charge in [-0.25, -0.2) is 4.39 Å². The van der Waals surface area contributed by atoms with E-state index < -0.39 is 6.17 Å². The van der Waals surface area contributed by atoms with Gasteiger partial charge in [0, 0.05) is 42.8 Å². The number of rotatable bonds is 5.